The lowest BCUT2D eigenvalue weighted by atomic mass is 9.94. The first-order valence-corrected chi connectivity index (χ1v) is 9.94. The molecule has 0 saturated heterocycles. The van der Waals surface area contributed by atoms with E-state index >= 15 is 0 Å². The Morgan fingerprint density at radius 1 is 1.19 bits per heavy atom. The normalized spacial score (nSPS) is 14.7. The molecule has 1 saturated carbocycles. The average Bonchev–Trinajstić information content (AvgIpc) is 3.30. The summed E-state index contributed by atoms with van der Waals surface area (Å²) < 4.78 is 1.42. The Hall–Kier alpha value is -2.73. The average molecular weight is 379 g/mol. The van der Waals surface area contributed by atoms with Crippen LogP contribution in [-0.4, -0.2) is 22.2 Å². The summed E-state index contributed by atoms with van der Waals surface area (Å²) in [6.07, 6.45) is 1.74. The van der Waals surface area contributed by atoms with Crippen molar-refractivity contribution in [3.8, 4) is 10.6 Å². The van der Waals surface area contributed by atoms with Gasteiger partial charge >= 0.3 is 0 Å². The van der Waals surface area contributed by atoms with Crippen molar-refractivity contribution < 1.29 is 4.79 Å². The Morgan fingerprint density at radius 2 is 1.96 bits per heavy atom. The third-order valence-corrected chi connectivity index (χ3v) is 5.93. The molecule has 0 radical (unpaired) electrons. The number of thiophene rings is 1. The summed E-state index contributed by atoms with van der Waals surface area (Å²) in [5.74, 6) is 0.0359. The number of carbonyl (C=O) groups excluding carboxylic acids is 1. The minimum atomic E-state index is -0.398. The smallest absolute Gasteiger partial charge is 0.266 e. The van der Waals surface area contributed by atoms with Gasteiger partial charge in [0.2, 0.25) is 5.91 Å². The van der Waals surface area contributed by atoms with Crippen LogP contribution in [0.2, 0.25) is 0 Å². The van der Waals surface area contributed by atoms with Gasteiger partial charge in [0.05, 0.1) is 16.8 Å². The number of hydrogen-bond donors (Lipinski definition) is 1. The van der Waals surface area contributed by atoms with Gasteiger partial charge in [-0.25, -0.2) is 4.68 Å². The second kappa shape index (κ2) is 7.12. The lowest BCUT2D eigenvalue weighted by molar-refractivity contribution is -0.123. The molecule has 0 unspecified atom stereocenters. The predicted molar refractivity (Wildman–Crippen MR) is 107 cm³/mol. The van der Waals surface area contributed by atoms with Gasteiger partial charge < -0.3 is 5.32 Å². The first kappa shape index (κ1) is 17.7. The highest BCUT2D eigenvalue weighted by Crippen LogP contribution is 2.48. The number of rotatable bonds is 6. The number of aromatic nitrogens is 2. The highest BCUT2D eigenvalue weighted by molar-refractivity contribution is 7.13. The molecule has 0 aliphatic heterocycles. The lowest BCUT2D eigenvalue weighted by Crippen LogP contribution is -2.38. The van der Waals surface area contributed by atoms with Crippen molar-refractivity contribution in [2.24, 2.45) is 0 Å². The van der Waals surface area contributed by atoms with Gasteiger partial charge in [0.1, 0.15) is 5.69 Å². The van der Waals surface area contributed by atoms with E-state index in [4.69, 9.17) is 0 Å². The maximum atomic E-state index is 12.7. The largest absolute Gasteiger partial charge is 0.353 e. The predicted octanol–water partition coefficient (Wildman–Crippen LogP) is 3.13. The van der Waals surface area contributed by atoms with Crippen LogP contribution in [0, 0.1) is 6.92 Å². The van der Waals surface area contributed by atoms with E-state index in [9.17, 15) is 9.59 Å². The summed E-state index contributed by atoms with van der Waals surface area (Å²) in [6.45, 7) is 2.78. The first-order valence-electron chi connectivity index (χ1n) is 9.06. The summed E-state index contributed by atoms with van der Waals surface area (Å²) in [7, 11) is 0. The zero-order valence-electron chi connectivity index (χ0n) is 15.1. The summed E-state index contributed by atoms with van der Waals surface area (Å²) in [6, 6.07) is 15.4. The molecule has 5 nitrogen and oxygen atoms in total. The minimum Gasteiger partial charge on any atom is -0.353 e. The van der Waals surface area contributed by atoms with E-state index in [1.807, 2.05) is 48.7 Å². The topological polar surface area (TPSA) is 64.0 Å². The monoisotopic (exact) mass is 379 g/mol. The number of nitrogens with zero attached hydrogens (tertiary/aromatic N) is 2. The Bertz CT molecular complexity index is 1000. The number of aryl methyl sites for hydroxylation is 1. The summed E-state index contributed by atoms with van der Waals surface area (Å²) >= 11 is 1.58. The van der Waals surface area contributed by atoms with Gasteiger partial charge in [0.15, 0.2) is 0 Å². The van der Waals surface area contributed by atoms with E-state index in [0.29, 0.717) is 13.1 Å². The van der Waals surface area contributed by atoms with Crippen LogP contribution < -0.4 is 10.9 Å². The molecule has 1 N–H and O–H groups in total. The first-order chi connectivity index (χ1) is 13.1. The molecule has 1 amide bonds. The molecule has 4 rings (SSSR count). The molecule has 3 aromatic rings. The van der Waals surface area contributed by atoms with Crippen LogP contribution in [0.15, 0.2) is 58.7 Å². The Balaban J connectivity index is 1.41. The van der Waals surface area contributed by atoms with Crippen LogP contribution in [0.25, 0.3) is 10.6 Å². The van der Waals surface area contributed by atoms with E-state index in [0.717, 1.165) is 29.0 Å². The SMILES string of the molecule is Cc1ccc(C2(C(=O)NCCn3nc(-c4cccs4)ccc3=O)CC2)cc1. The Morgan fingerprint density at radius 3 is 2.63 bits per heavy atom. The highest BCUT2D eigenvalue weighted by Gasteiger charge is 2.50. The molecular formula is C21H21N3O2S. The quantitative estimate of drug-likeness (QED) is 0.716. The van der Waals surface area contributed by atoms with Crippen molar-refractivity contribution >= 4 is 17.2 Å². The van der Waals surface area contributed by atoms with Crippen molar-refractivity contribution in [3.63, 3.8) is 0 Å². The maximum Gasteiger partial charge on any atom is 0.266 e. The fourth-order valence-electron chi connectivity index (χ4n) is 3.25. The third-order valence-electron chi connectivity index (χ3n) is 5.04. The summed E-state index contributed by atoms with van der Waals surface area (Å²) in [5, 5.41) is 9.39. The molecule has 0 bridgehead atoms. The number of amides is 1. The summed E-state index contributed by atoms with van der Waals surface area (Å²) in [4.78, 5) is 25.8. The minimum absolute atomic E-state index is 0.0359. The van der Waals surface area contributed by atoms with Crippen LogP contribution in [0.1, 0.15) is 24.0 Å². The van der Waals surface area contributed by atoms with Gasteiger partial charge in [-0.05, 0) is 42.8 Å². The standard InChI is InChI=1S/C21H21N3O2S/c1-15-4-6-16(7-5-15)21(10-11-21)20(26)22-12-13-24-19(25)9-8-17(23-24)18-3-2-14-27-18/h2-9,14H,10-13H2,1H3,(H,22,26). The summed E-state index contributed by atoms with van der Waals surface area (Å²) in [5.41, 5.74) is 2.47. The van der Waals surface area contributed by atoms with Crippen LogP contribution in [0.4, 0.5) is 0 Å². The van der Waals surface area contributed by atoms with E-state index < -0.39 is 5.41 Å². The van der Waals surface area contributed by atoms with Crippen LogP contribution in [0.3, 0.4) is 0 Å². The molecule has 1 fully saturated rings. The molecule has 1 aliphatic carbocycles. The van der Waals surface area contributed by atoms with E-state index in [2.05, 4.69) is 10.4 Å². The fraction of sp³-hybridized carbons (Fsp3) is 0.286. The third kappa shape index (κ3) is 3.57. The zero-order valence-corrected chi connectivity index (χ0v) is 16.0. The second-order valence-electron chi connectivity index (χ2n) is 6.96. The maximum absolute atomic E-state index is 12.7. The molecule has 0 spiro atoms. The Kier molecular flexibility index (Phi) is 4.66. The fourth-order valence-corrected chi connectivity index (χ4v) is 3.94. The van der Waals surface area contributed by atoms with E-state index in [1.54, 1.807) is 17.4 Å². The molecule has 1 aromatic carbocycles. The van der Waals surface area contributed by atoms with Crippen LogP contribution >= 0.6 is 11.3 Å². The second-order valence-corrected chi connectivity index (χ2v) is 7.91. The highest BCUT2D eigenvalue weighted by atomic mass is 32.1. The molecule has 138 valence electrons. The number of nitrogens with one attached hydrogen (secondary N) is 1. The van der Waals surface area contributed by atoms with Gasteiger partial charge in [0, 0.05) is 12.6 Å². The molecule has 2 heterocycles. The van der Waals surface area contributed by atoms with Gasteiger partial charge in [-0.3, -0.25) is 9.59 Å². The van der Waals surface area contributed by atoms with Gasteiger partial charge in [0.25, 0.3) is 5.56 Å². The lowest BCUT2D eigenvalue weighted by Gasteiger charge is -2.16. The Labute approximate surface area is 161 Å². The molecule has 27 heavy (non-hydrogen) atoms. The molecule has 1 aliphatic rings. The van der Waals surface area contributed by atoms with Gasteiger partial charge in [-0.1, -0.05) is 35.9 Å². The number of benzene rings is 1. The molecule has 0 atom stereocenters. The molecular weight excluding hydrogens is 358 g/mol. The molecule has 2 aromatic heterocycles. The number of carbonyl (C=O) groups is 1. The van der Waals surface area contributed by atoms with E-state index in [1.165, 1.54) is 16.3 Å². The van der Waals surface area contributed by atoms with Crippen molar-refractivity contribution in [2.45, 2.75) is 31.7 Å². The van der Waals surface area contributed by atoms with Gasteiger partial charge in [-0.15, -0.1) is 11.3 Å². The van der Waals surface area contributed by atoms with Crippen molar-refractivity contribution in [3.05, 3.63) is 75.4 Å². The van der Waals surface area contributed by atoms with Gasteiger partial charge in [-0.2, -0.15) is 5.10 Å². The zero-order chi connectivity index (χ0) is 18.9. The van der Waals surface area contributed by atoms with E-state index in [-0.39, 0.29) is 11.5 Å². The van der Waals surface area contributed by atoms with Crippen molar-refractivity contribution in [2.75, 3.05) is 6.54 Å². The number of hydrogen-bond acceptors (Lipinski definition) is 4. The molecule has 6 heteroatoms. The van der Waals surface area contributed by atoms with Crippen molar-refractivity contribution in [1.29, 1.82) is 0 Å². The van der Waals surface area contributed by atoms with Crippen molar-refractivity contribution in [1.82, 2.24) is 15.1 Å². The van der Waals surface area contributed by atoms with Crippen LogP contribution in [0.5, 0.6) is 0 Å². The van der Waals surface area contributed by atoms with Crippen LogP contribution in [-0.2, 0) is 16.8 Å².